The average Bonchev–Trinajstić information content (AvgIpc) is 2.45. The highest BCUT2D eigenvalue weighted by Crippen LogP contribution is 2.06. The van der Waals surface area contributed by atoms with Crippen molar-refractivity contribution < 1.29 is 9.59 Å². The van der Waals surface area contributed by atoms with Gasteiger partial charge in [0.1, 0.15) is 0 Å². The topological polar surface area (TPSA) is 66.6 Å². The maximum atomic E-state index is 12.0. The van der Waals surface area contributed by atoms with Gasteiger partial charge in [-0.25, -0.2) is 0 Å². The van der Waals surface area contributed by atoms with Crippen LogP contribution in [-0.2, 0) is 9.59 Å². The molecule has 0 aliphatic carbocycles. The van der Waals surface area contributed by atoms with E-state index in [1.54, 1.807) is 9.80 Å². The van der Waals surface area contributed by atoms with Gasteiger partial charge in [-0.05, 0) is 32.6 Å². The van der Waals surface area contributed by atoms with Crippen molar-refractivity contribution in [3.8, 4) is 0 Å². The van der Waals surface area contributed by atoms with Gasteiger partial charge in [-0.3, -0.25) is 9.59 Å². The maximum Gasteiger partial charge on any atom is 0.222 e. The van der Waals surface area contributed by atoms with Crippen molar-refractivity contribution in [3.05, 3.63) is 0 Å². The highest BCUT2D eigenvalue weighted by Gasteiger charge is 2.14. The highest BCUT2D eigenvalue weighted by atomic mass is 16.2. The van der Waals surface area contributed by atoms with E-state index in [0.717, 1.165) is 19.5 Å². The second-order valence-electron chi connectivity index (χ2n) is 5.93. The van der Waals surface area contributed by atoms with Crippen LogP contribution in [0.5, 0.6) is 0 Å². The summed E-state index contributed by atoms with van der Waals surface area (Å²) in [4.78, 5) is 27.3. The first-order chi connectivity index (χ1) is 9.83. The third-order valence-electron chi connectivity index (χ3n) is 3.98. The Balaban J connectivity index is 3.95. The van der Waals surface area contributed by atoms with Gasteiger partial charge >= 0.3 is 0 Å². The molecule has 0 saturated heterocycles. The van der Waals surface area contributed by atoms with Crippen molar-refractivity contribution in [1.29, 1.82) is 0 Å². The number of amides is 2. The van der Waals surface area contributed by atoms with Crippen molar-refractivity contribution >= 4 is 11.8 Å². The minimum Gasteiger partial charge on any atom is -0.346 e. The van der Waals surface area contributed by atoms with E-state index in [2.05, 4.69) is 13.8 Å². The summed E-state index contributed by atoms with van der Waals surface area (Å²) in [5.74, 6) is 0.663. The Hall–Kier alpha value is -1.10. The van der Waals surface area contributed by atoms with E-state index in [0.29, 0.717) is 31.7 Å². The fourth-order valence-corrected chi connectivity index (χ4v) is 2.12. The lowest BCUT2D eigenvalue weighted by atomic mass is 10.0. The molecule has 0 aromatic heterocycles. The summed E-state index contributed by atoms with van der Waals surface area (Å²) in [6.45, 7) is 10.3. The average molecular weight is 299 g/mol. The zero-order valence-electron chi connectivity index (χ0n) is 14.4. The van der Waals surface area contributed by atoms with Crippen molar-refractivity contribution in [2.24, 2.45) is 11.7 Å². The third kappa shape index (κ3) is 8.05. The molecule has 5 heteroatoms. The molecule has 0 spiro atoms. The summed E-state index contributed by atoms with van der Waals surface area (Å²) in [6, 6.07) is 0.129. The van der Waals surface area contributed by atoms with Gasteiger partial charge in [0.05, 0.1) is 0 Å². The van der Waals surface area contributed by atoms with E-state index in [9.17, 15) is 9.59 Å². The van der Waals surface area contributed by atoms with Crippen LogP contribution >= 0.6 is 0 Å². The first kappa shape index (κ1) is 19.9. The molecule has 0 fully saturated rings. The van der Waals surface area contributed by atoms with Gasteiger partial charge in [-0.2, -0.15) is 0 Å². The molecule has 0 aromatic carbocycles. The predicted octanol–water partition coefficient (Wildman–Crippen LogP) is 1.86. The molecular weight excluding hydrogens is 266 g/mol. The Kier molecular flexibility index (Phi) is 10.0. The normalized spacial score (nSPS) is 12.3. The molecule has 2 amide bonds. The molecule has 21 heavy (non-hydrogen) atoms. The summed E-state index contributed by atoms with van der Waals surface area (Å²) in [7, 11) is 1.81. The van der Waals surface area contributed by atoms with Crippen LogP contribution in [0.3, 0.4) is 0 Å². The van der Waals surface area contributed by atoms with Crippen LogP contribution in [0.25, 0.3) is 0 Å². The number of hydrogen-bond donors (Lipinski definition) is 1. The second-order valence-corrected chi connectivity index (χ2v) is 5.93. The lowest BCUT2D eigenvalue weighted by Crippen LogP contribution is -2.35. The molecule has 124 valence electrons. The van der Waals surface area contributed by atoms with E-state index >= 15 is 0 Å². The molecule has 0 heterocycles. The molecule has 0 aliphatic heterocycles. The van der Waals surface area contributed by atoms with Crippen molar-refractivity contribution in [3.63, 3.8) is 0 Å². The zero-order chi connectivity index (χ0) is 16.4. The summed E-state index contributed by atoms with van der Waals surface area (Å²) >= 11 is 0. The number of nitrogens with two attached hydrogens (primary N) is 1. The summed E-state index contributed by atoms with van der Waals surface area (Å²) < 4.78 is 0. The Morgan fingerprint density at radius 3 is 2.05 bits per heavy atom. The van der Waals surface area contributed by atoms with E-state index < -0.39 is 0 Å². The summed E-state index contributed by atoms with van der Waals surface area (Å²) in [5, 5.41) is 0. The van der Waals surface area contributed by atoms with Crippen LogP contribution in [0.4, 0.5) is 0 Å². The molecule has 1 atom stereocenters. The largest absolute Gasteiger partial charge is 0.346 e. The molecule has 2 N–H and O–H groups in total. The highest BCUT2D eigenvalue weighted by molar-refractivity contribution is 5.78. The molecule has 0 bridgehead atoms. The number of carbonyl (C=O) groups is 2. The maximum absolute atomic E-state index is 12.0. The van der Waals surface area contributed by atoms with E-state index in [-0.39, 0.29) is 17.9 Å². The zero-order valence-corrected chi connectivity index (χ0v) is 14.4. The standard InChI is InChI=1S/C16H33N3O2/c1-6-19(7-2)16(21)10-8-9-15(20)18(5)12-11-14(17)13(3)4/h13-14H,6-12,17H2,1-5H3. The van der Waals surface area contributed by atoms with Crippen LogP contribution < -0.4 is 5.73 Å². The molecule has 0 aromatic rings. The second kappa shape index (κ2) is 10.6. The number of rotatable bonds is 10. The third-order valence-corrected chi connectivity index (χ3v) is 3.98. The molecule has 0 rings (SSSR count). The quantitative estimate of drug-likeness (QED) is 0.669. The number of hydrogen-bond acceptors (Lipinski definition) is 3. The molecule has 1 unspecified atom stereocenters. The SMILES string of the molecule is CCN(CC)C(=O)CCCC(=O)N(C)CCC(N)C(C)C. The van der Waals surface area contributed by atoms with Crippen LogP contribution in [0, 0.1) is 5.92 Å². The minimum absolute atomic E-state index is 0.0957. The molecular formula is C16H33N3O2. The smallest absolute Gasteiger partial charge is 0.222 e. The van der Waals surface area contributed by atoms with Crippen molar-refractivity contribution in [2.75, 3.05) is 26.7 Å². The number of nitrogens with zero attached hydrogens (tertiary/aromatic N) is 2. The summed E-state index contributed by atoms with van der Waals surface area (Å²) in [6.07, 6.45) is 2.32. The predicted molar refractivity (Wildman–Crippen MR) is 86.8 cm³/mol. The van der Waals surface area contributed by atoms with Gasteiger partial charge in [0.15, 0.2) is 0 Å². The molecule has 5 nitrogen and oxygen atoms in total. The first-order valence-corrected chi connectivity index (χ1v) is 8.10. The lowest BCUT2D eigenvalue weighted by Gasteiger charge is -2.22. The molecule has 0 saturated carbocycles. The Bertz CT molecular complexity index is 315. The van der Waals surface area contributed by atoms with Crippen LogP contribution in [-0.4, -0.2) is 54.3 Å². The first-order valence-electron chi connectivity index (χ1n) is 8.10. The Labute approximate surface area is 129 Å². The van der Waals surface area contributed by atoms with Gasteiger partial charge < -0.3 is 15.5 Å². The van der Waals surface area contributed by atoms with E-state index in [4.69, 9.17) is 5.73 Å². The van der Waals surface area contributed by atoms with Crippen LogP contribution in [0.2, 0.25) is 0 Å². The van der Waals surface area contributed by atoms with Crippen LogP contribution in [0.15, 0.2) is 0 Å². The summed E-state index contributed by atoms with van der Waals surface area (Å²) in [5.41, 5.74) is 5.98. The molecule has 0 aliphatic rings. The van der Waals surface area contributed by atoms with E-state index in [1.165, 1.54) is 0 Å². The fraction of sp³-hybridized carbons (Fsp3) is 0.875. The van der Waals surface area contributed by atoms with Gasteiger partial charge in [0.2, 0.25) is 11.8 Å². The van der Waals surface area contributed by atoms with Crippen molar-refractivity contribution in [2.45, 2.75) is 59.4 Å². The van der Waals surface area contributed by atoms with E-state index in [1.807, 2.05) is 20.9 Å². The Morgan fingerprint density at radius 2 is 1.57 bits per heavy atom. The van der Waals surface area contributed by atoms with Gasteiger partial charge in [0.25, 0.3) is 0 Å². The lowest BCUT2D eigenvalue weighted by molar-refractivity contribution is -0.132. The van der Waals surface area contributed by atoms with Gasteiger partial charge in [-0.1, -0.05) is 13.8 Å². The van der Waals surface area contributed by atoms with Gasteiger partial charge in [0, 0.05) is 45.6 Å². The monoisotopic (exact) mass is 299 g/mol. The van der Waals surface area contributed by atoms with Crippen molar-refractivity contribution in [1.82, 2.24) is 9.80 Å². The van der Waals surface area contributed by atoms with Gasteiger partial charge in [-0.15, -0.1) is 0 Å². The number of carbonyl (C=O) groups excluding carboxylic acids is 2. The fourth-order valence-electron chi connectivity index (χ4n) is 2.12. The molecule has 0 radical (unpaired) electrons. The Morgan fingerprint density at radius 1 is 1.05 bits per heavy atom. The minimum atomic E-state index is 0.0957. The van der Waals surface area contributed by atoms with Crippen LogP contribution in [0.1, 0.15) is 53.4 Å².